The van der Waals surface area contributed by atoms with Crippen LogP contribution in [0.5, 0.6) is 17.2 Å². The summed E-state index contributed by atoms with van der Waals surface area (Å²) >= 11 is 0. The van der Waals surface area contributed by atoms with Crippen LogP contribution in [0.4, 0.5) is 13.2 Å². The Bertz CT molecular complexity index is 887. The number of ether oxygens (including phenoxy) is 3. The second kappa shape index (κ2) is 9.71. The fraction of sp³-hybridized carbons (Fsp3) is 0.381. The van der Waals surface area contributed by atoms with Crippen molar-refractivity contribution in [3.63, 3.8) is 0 Å². The van der Waals surface area contributed by atoms with Gasteiger partial charge < -0.3 is 19.1 Å². The first kappa shape index (κ1) is 21.8. The smallest absolute Gasteiger partial charge is 0.387 e. The number of benzene rings is 2. The predicted molar refractivity (Wildman–Crippen MR) is 104 cm³/mol. The number of carbonyl (C=O) groups excluding carboxylic acids is 1. The summed E-state index contributed by atoms with van der Waals surface area (Å²) in [5.41, 5.74) is 0.980. The van der Waals surface area contributed by atoms with Gasteiger partial charge in [0.25, 0.3) is 5.91 Å². The minimum absolute atomic E-state index is 0.126. The molecule has 0 spiro atoms. The number of hydrogen-bond acceptors (Lipinski definition) is 5. The molecule has 30 heavy (non-hydrogen) atoms. The lowest BCUT2D eigenvalue weighted by Gasteiger charge is -2.35. The third-order valence-electron chi connectivity index (χ3n) is 4.92. The van der Waals surface area contributed by atoms with E-state index in [1.165, 1.54) is 44.6 Å². The zero-order valence-electron chi connectivity index (χ0n) is 16.7. The van der Waals surface area contributed by atoms with Crippen molar-refractivity contribution in [3.8, 4) is 17.2 Å². The maximum absolute atomic E-state index is 13.6. The second-order valence-corrected chi connectivity index (χ2v) is 6.77. The molecule has 2 aromatic carbocycles. The zero-order chi connectivity index (χ0) is 21.7. The van der Waals surface area contributed by atoms with Crippen molar-refractivity contribution >= 4 is 5.91 Å². The van der Waals surface area contributed by atoms with Gasteiger partial charge in [-0.1, -0.05) is 0 Å². The number of methoxy groups -OCH3 is 2. The van der Waals surface area contributed by atoms with Crippen LogP contribution in [0.3, 0.4) is 0 Å². The van der Waals surface area contributed by atoms with E-state index in [0.717, 1.165) is 5.56 Å². The van der Waals surface area contributed by atoms with E-state index >= 15 is 0 Å². The molecule has 9 heteroatoms. The molecule has 0 radical (unpaired) electrons. The van der Waals surface area contributed by atoms with Crippen molar-refractivity contribution < 1.29 is 32.2 Å². The molecule has 1 fully saturated rings. The predicted octanol–water partition coefficient (Wildman–Crippen LogP) is 3.40. The third kappa shape index (κ3) is 5.15. The van der Waals surface area contributed by atoms with Crippen LogP contribution in [0.1, 0.15) is 15.9 Å². The van der Waals surface area contributed by atoms with Crippen LogP contribution in [0.2, 0.25) is 0 Å². The van der Waals surface area contributed by atoms with E-state index in [1.807, 2.05) is 0 Å². The lowest BCUT2D eigenvalue weighted by atomic mass is 10.1. The molecule has 0 aromatic heterocycles. The Hall–Kier alpha value is -2.94. The quantitative estimate of drug-likeness (QED) is 0.682. The van der Waals surface area contributed by atoms with E-state index in [4.69, 9.17) is 9.47 Å². The summed E-state index contributed by atoms with van der Waals surface area (Å²) in [6.45, 7) is -0.448. The standard InChI is InChI=1S/C21H23F3N2O4/c1-28-17-6-4-16(22)11-15(17)13-25-7-9-26(10-8-25)20(27)14-3-5-18(29-2)19(12-14)30-21(23)24/h3-6,11-12,21H,7-10,13H2,1-2H3. The molecule has 0 N–H and O–H groups in total. The first-order chi connectivity index (χ1) is 14.4. The van der Waals surface area contributed by atoms with E-state index in [2.05, 4.69) is 9.64 Å². The maximum atomic E-state index is 13.6. The van der Waals surface area contributed by atoms with Crippen LogP contribution >= 0.6 is 0 Å². The zero-order valence-corrected chi connectivity index (χ0v) is 16.7. The van der Waals surface area contributed by atoms with Gasteiger partial charge in [-0.05, 0) is 36.4 Å². The number of alkyl halides is 2. The highest BCUT2D eigenvalue weighted by Crippen LogP contribution is 2.30. The summed E-state index contributed by atoms with van der Waals surface area (Å²) in [5, 5.41) is 0. The Kier molecular flexibility index (Phi) is 7.04. The number of piperazine rings is 1. The fourth-order valence-electron chi connectivity index (χ4n) is 3.40. The minimum atomic E-state index is -3.02. The number of nitrogens with zero attached hydrogens (tertiary/aromatic N) is 2. The van der Waals surface area contributed by atoms with Crippen LogP contribution in [-0.2, 0) is 6.54 Å². The van der Waals surface area contributed by atoms with Crippen LogP contribution in [0, 0.1) is 5.82 Å². The van der Waals surface area contributed by atoms with Crippen molar-refractivity contribution in [3.05, 3.63) is 53.3 Å². The van der Waals surface area contributed by atoms with Gasteiger partial charge in [-0.25, -0.2) is 4.39 Å². The van der Waals surface area contributed by atoms with Crippen molar-refractivity contribution in [1.29, 1.82) is 0 Å². The largest absolute Gasteiger partial charge is 0.496 e. The molecule has 1 heterocycles. The molecule has 0 saturated carbocycles. The van der Waals surface area contributed by atoms with Crippen molar-refractivity contribution in [1.82, 2.24) is 9.80 Å². The highest BCUT2D eigenvalue weighted by Gasteiger charge is 2.24. The Morgan fingerprint density at radius 1 is 0.967 bits per heavy atom. The fourth-order valence-corrected chi connectivity index (χ4v) is 3.40. The van der Waals surface area contributed by atoms with Crippen molar-refractivity contribution in [2.24, 2.45) is 0 Å². The molecule has 0 atom stereocenters. The molecule has 6 nitrogen and oxygen atoms in total. The van der Waals surface area contributed by atoms with Crippen molar-refractivity contribution in [2.45, 2.75) is 13.2 Å². The molecule has 1 saturated heterocycles. The van der Waals surface area contributed by atoms with E-state index in [9.17, 15) is 18.0 Å². The number of carbonyl (C=O) groups is 1. The lowest BCUT2D eigenvalue weighted by molar-refractivity contribution is -0.0512. The number of rotatable bonds is 7. The van der Waals surface area contributed by atoms with Gasteiger partial charge in [-0.2, -0.15) is 8.78 Å². The molecular weight excluding hydrogens is 401 g/mol. The summed E-state index contributed by atoms with van der Waals surface area (Å²) in [6, 6.07) is 8.59. The normalized spacial score (nSPS) is 14.7. The Morgan fingerprint density at radius 3 is 2.27 bits per heavy atom. The molecule has 1 aliphatic rings. The molecular formula is C21H23F3N2O4. The average molecular weight is 424 g/mol. The summed E-state index contributed by atoms with van der Waals surface area (Å²) in [6.07, 6.45) is 0. The molecule has 0 bridgehead atoms. The highest BCUT2D eigenvalue weighted by atomic mass is 19.3. The molecule has 2 aromatic rings. The van der Waals surface area contributed by atoms with Crippen LogP contribution in [-0.4, -0.2) is 62.7 Å². The number of amides is 1. The molecule has 0 unspecified atom stereocenters. The maximum Gasteiger partial charge on any atom is 0.387 e. The molecule has 1 aliphatic heterocycles. The van der Waals surface area contributed by atoms with Crippen molar-refractivity contribution in [2.75, 3.05) is 40.4 Å². The van der Waals surface area contributed by atoms with Gasteiger partial charge in [-0.15, -0.1) is 0 Å². The first-order valence-corrected chi connectivity index (χ1v) is 9.38. The summed E-state index contributed by atoms with van der Waals surface area (Å²) < 4.78 is 53.5. The Labute approximate surface area is 172 Å². The van der Waals surface area contributed by atoms with Gasteiger partial charge in [0.15, 0.2) is 11.5 Å². The average Bonchev–Trinajstić information content (AvgIpc) is 2.73. The van der Waals surface area contributed by atoms with Crippen LogP contribution in [0.25, 0.3) is 0 Å². The number of hydrogen-bond donors (Lipinski definition) is 0. The molecule has 0 aliphatic carbocycles. The van der Waals surface area contributed by atoms with E-state index in [-0.39, 0.29) is 28.8 Å². The van der Waals surface area contributed by atoms with Crippen LogP contribution < -0.4 is 14.2 Å². The molecule has 3 rings (SSSR count). The summed E-state index contributed by atoms with van der Waals surface area (Å²) in [5.74, 6) is -0.0590. The van der Waals surface area contributed by atoms with E-state index in [0.29, 0.717) is 38.5 Å². The molecule has 1 amide bonds. The lowest BCUT2D eigenvalue weighted by Crippen LogP contribution is -2.48. The topological polar surface area (TPSA) is 51.2 Å². The van der Waals surface area contributed by atoms with Crippen LogP contribution in [0.15, 0.2) is 36.4 Å². The monoisotopic (exact) mass is 424 g/mol. The van der Waals surface area contributed by atoms with Gasteiger partial charge in [0.1, 0.15) is 11.6 Å². The van der Waals surface area contributed by atoms with Gasteiger partial charge in [0.05, 0.1) is 14.2 Å². The van der Waals surface area contributed by atoms with Gasteiger partial charge in [0, 0.05) is 43.9 Å². The SMILES string of the molecule is COc1ccc(F)cc1CN1CCN(C(=O)c2ccc(OC)c(OC(F)F)c2)CC1. The minimum Gasteiger partial charge on any atom is -0.496 e. The van der Waals surface area contributed by atoms with Gasteiger partial charge in [-0.3, -0.25) is 9.69 Å². The second-order valence-electron chi connectivity index (χ2n) is 6.77. The molecule has 162 valence electrons. The Morgan fingerprint density at radius 2 is 1.63 bits per heavy atom. The summed E-state index contributed by atoms with van der Waals surface area (Å²) in [4.78, 5) is 16.5. The highest BCUT2D eigenvalue weighted by molar-refractivity contribution is 5.95. The van der Waals surface area contributed by atoms with Gasteiger partial charge >= 0.3 is 6.61 Å². The van der Waals surface area contributed by atoms with E-state index in [1.54, 1.807) is 11.0 Å². The third-order valence-corrected chi connectivity index (χ3v) is 4.92. The summed E-state index contributed by atoms with van der Waals surface area (Å²) in [7, 11) is 2.87. The van der Waals surface area contributed by atoms with Gasteiger partial charge in [0.2, 0.25) is 0 Å². The Balaban J connectivity index is 1.64. The number of halogens is 3. The first-order valence-electron chi connectivity index (χ1n) is 9.38. The van der Waals surface area contributed by atoms with E-state index < -0.39 is 6.61 Å².